The Kier molecular flexibility index (Phi) is 10.0. The van der Waals surface area contributed by atoms with Crippen molar-refractivity contribution in [1.82, 2.24) is 0 Å². The molecule has 1 heterocycles. The molecule has 0 aliphatic heterocycles. The lowest BCUT2D eigenvalue weighted by Crippen LogP contribution is -2.29. The second kappa shape index (κ2) is 17.4. The summed E-state index contributed by atoms with van der Waals surface area (Å²) in [6.07, 6.45) is 0. The van der Waals surface area contributed by atoms with Gasteiger partial charge in [0, 0.05) is 16.6 Å². The summed E-state index contributed by atoms with van der Waals surface area (Å²) in [5, 5.41) is 2.13. The van der Waals surface area contributed by atoms with Crippen molar-refractivity contribution < 1.29 is 4.42 Å². The molecular weight excluding hydrogens is 919 g/mol. The maximum Gasteiger partial charge on any atom is 0.137 e. The smallest absolute Gasteiger partial charge is 0.137 e. The highest BCUT2D eigenvalue weighted by atomic mass is 16.3. The van der Waals surface area contributed by atoms with E-state index in [1.807, 2.05) is 0 Å². The van der Waals surface area contributed by atoms with Gasteiger partial charge in [0.15, 0.2) is 0 Å². The lowest BCUT2D eigenvalue weighted by molar-refractivity contribution is 0.669. The predicted octanol–water partition coefficient (Wildman–Crippen LogP) is 19.1. The van der Waals surface area contributed by atoms with E-state index in [0.29, 0.717) is 0 Å². The van der Waals surface area contributed by atoms with E-state index in [1.54, 1.807) is 0 Å². The van der Waals surface area contributed by atoms with Gasteiger partial charge in [-0.3, -0.25) is 0 Å². The standard InChI is InChI=1S/C74H49NO/c1-5-22-50(23-6-1)52-42-45-56(46-43-52)74(63-35-16-13-32-59(63)60-33-14-17-36-64(60)74)57-30-19-31-58(49-57)75(68-40-21-41-70-72(68)62-48-53(44-47-69(62)76-70)51-24-7-2-8-25-51)67-39-20-38-66-71(67)61-34-15-18-37-65(61)73(66,54-26-9-3-10-27-54)55-28-11-4-12-29-55/h1-49H. The number of nitrogens with zero attached hydrogens (tertiary/aromatic N) is 1. The number of rotatable bonds is 9. The third-order valence-electron chi connectivity index (χ3n) is 16.4. The van der Waals surface area contributed by atoms with Crippen LogP contribution in [0.2, 0.25) is 0 Å². The van der Waals surface area contributed by atoms with Gasteiger partial charge in [0.2, 0.25) is 0 Å². The molecule has 76 heavy (non-hydrogen) atoms. The second-order valence-electron chi connectivity index (χ2n) is 20.2. The third-order valence-corrected chi connectivity index (χ3v) is 16.4. The zero-order valence-corrected chi connectivity index (χ0v) is 41.6. The van der Waals surface area contributed by atoms with Crippen molar-refractivity contribution in [3.63, 3.8) is 0 Å². The first-order valence-electron chi connectivity index (χ1n) is 26.3. The van der Waals surface area contributed by atoms with Crippen LogP contribution in [0, 0.1) is 0 Å². The number of anilines is 3. The number of furan rings is 1. The van der Waals surface area contributed by atoms with Crippen molar-refractivity contribution in [2.75, 3.05) is 4.90 Å². The van der Waals surface area contributed by atoms with Crippen LogP contribution in [0.15, 0.2) is 302 Å². The van der Waals surface area contributed by atoms with Gasteiger partial charge in [-0.05, 0) is 126 Å². The Balaban J connectivity index is 1.04. The molecule has 0 spiro atoms. The molecule has 2 nitrogen and oxygen atoms in total. The predicted molar refractivity (Wildman–Crippen MR) is 314 cm³/mol. The van der Waals surface area contributed by atoms with Crippen LogP contribution in [0.5, 0.6) is 0 Å². The van der Waals surface area contributed by atoms with E-state index in [2.05, 4.69) is 302 Å². The summed E-state index contributed by atoms with van der Waals surface area (Å²) >= 11 is 0. The topological polar surface area (TPSA) is 16.4 Å². The van der Waals surface area contributed by atoms with Gasteiger partial charge < -0.3 is 9.32 Å². The average Bonchev–Trinajstić information content (AvgIpc) is 4.14. The number of hydrogen-bond acceptors (Lipinski definition) is 2. The van der Waals surface area contributed by atoms with Crippen LogP contribution < -0.4 is 4.90 Å². The van der Waals surface area contributed by atoms with Crippen LogP contribution in [0.3, 0.4) is 0 Å². The highest BCUT2D eigenvalue weighted by Crippen LogP contribution is 2.61. The maximum atomic E-state index is 6.88. The minimum absolute atomic E-state index is 0.593. The van der Waals surface area contributed by atoms with Crippen molar-refractivity contribution >= 4 is 39.0 Å². The van der Waals surface area contributed by atoms with Gasteiger partial charge in [0.1, 0.15) is 11.2 Å². The minimum Gasteiger partial charge on any atom is -0.456 e. The lowest BCUT2D eigenvalue weighted by atomic mass is 9.67. The van der Waals surface area contributed by atoms with Crippen molar-refractivity contribution in [2.24, 2.45) is 0 Å². The summed E-state index contributed by atoms with van der Waals surface area (Å²) in [7, 11) is 0. The van der Waals surface area contributed by atoms with Gasteiger partial charge in [-0.2, -0.15) is 0 Å². The fourth-order valence-electron chi connectivity index (χ4n) is 13.3. The van der Waals surface area contributed by atoms with E-state index in [1.165, 1.54) is 77.9 Å². The normalized spacial score (nSPS) is 13.5. The van der Waals surface area contributed by atoms with Gasteiger partial charge in [-0.1, -0.05) is 255 Å². The first-order valence-corrected chi connectivity index (χ1v) is 26.3. The van der Waals surface area contributed by atoms with Crippen LogP contribution >= 0.6 is 0 Å². The number of hydrogen-bond donors (Lipinski definition) is 0. The molecule has 2 aliphatic rings. The summed E-state index contributed by atoms with van der Waals surface area (Å²) in [5.41, 5.74) is 23.2. The third kappa shape index (κ3) is 6.41. The van der Waals surface area contributed by atoms with Crippen LogP contribution in [-0.4, -0.2) is 0 Å². The summed E-state index contributed by atoms with van der Waals surface area (Å²) in [4.78, 5) is 2.54. The highest BCUT2D eigenvalue weighted by Gasteiger charge is 2.49. The molecule has 0 saturated carbocycles. The minimum atomic E-state index is -0.649. The monoisotopic (exact) mass is 967 g/mol. The number of benzene rings is 12. The molecule has 13 aromatic rings. The molecule has 0 fully saturated rings. The summed E-state index contributed by atoms with van der Waals surface area (Å²) in [6, 6.07) is 110. The average molecular weight is 968 g/mol. The molecule has 0 bridgehead atoms. The lowest BCUT2D eigenvalue weighted by Gasteiger charge is -2.36. The zero-order valence-electron chi connectivity index (χ0n) is 41.6. The molecular formula is C74H49NO. The van der Waals surface area contributed by atoms with Crippen molar-refractivity contribution in [1.29, 1.82) is 0 Å². The Morgan fingerprint density at radius 1 is 0.276 bits per heavy atom. The van der Waals surface area contributed by atoms with Crippen molar-refractivity contribution in [3.8, 4) is 44.5 Å². The molecule has 1 aromatic heterocycles. The van der Waals surface area contributed by atoms with Crippen molar-refractivity contribution in [3.05, 3.63) is 342 Å². The van der Waals surface area contributed by atoms with E-state index in [4.69, 9.17) is 4.42 Å². The van der Waals surface area contributed by atoms with Crippen LogP contribution in [0.25, 0.3) is 66.4 Å². The van der Waals surface area contributed by atoms with E-state index < -0.39 is 10.8 Å². The fraction of sp³-hybridized carbons (Fsp3) is 0.0270. The molecule has 0 unspecified atom stereocenters. The van der Waals surface area contributed by atoms with E-state index >= 15 is 0 Å². The quantitative estimate of drug-likeness (QED) is 0.143. The van der Waals surface area contributed by atoms with E-state index in [9.17, 15) is 0 Å². The molecule has 0 atom stereocenters. The largest absolute Gasteiger partial charge is 0.456 e. The van der Waals surface area contributed by atoms with Gasteiger partial charge in [0.25, 0.3) is 0 Å². The molecule has 0 radical (unpaired) electrons. The van der Waals surface area contributed by atoms with Gasteiger partial charge in [-0.15, -0.1) is 0 Å². The van der Waals surface area contributed by atoms with Crippen molar-refractivity contribution in [2.45, 2.75) is 10.8 Å². The van der Waals surface area contributed by atoms with E-state index in [-0.39, 0.29) is 0 Å². The summed E-state index contributed by atoms with van der Waals surface area (Å²) in [5.74, 6) is 0. The first-order chi connectivity index (χ1) is 37.7. The molecule has 12 aromatic carbocycles. The zero-order chi connectivity index (χ0) is 50.2. The second-order valence-corrected chi connectivity index (χ2v) is 20.2. The Morgan fingerprint density at radius 2 is 0.724 bits per heavy atom. The molecule has 15 rings (SSSR count). The summed E-state index contributed by atoms with van der Waals surface area (Å²) in [6.45, 7) is 0. The number of fused-ring (bicyclic) bond motifs is 9. The highest BCUT2D eigenvalue weighted by molar-refractivity contribution is 6.15. The molecule has 2 heteroatoms. The van der Waals surface area contributed by atoms with Crippen LogP contribution in [0.4, 0.5) is 17.1 Å². The Bertz CT molecular complexity index is 4240. The first kappa shape index (κ1) is 43.8. The molecule has 0 N–H and O–H groups in total. The maximum absolute atomic E-state index is 6.88. The van der Waals surface area contributed by atoms with Crippen LogP contribution in [-0.2, 0) is 10.8 Å². The molecule has 2 aliphatic carbocycles. The Labute approximate surface area is 443 Å². The van der Waals surface area contributed by atoms with Gasteiger partial charge >= 0.3 is 0 Å². The molecule has 356 valence electrons. The Hall–Kier alpha value is -9.76. The summed E-state index contributed by atoms with van der Waals surface area (Å²) < 4.78 is 6.88. The van der Waals surface area contributed by atoms with Crippen LogP contribution in [0.1, 0.15) is 44.5 Å². The van der Waals surface area contributed by atoms with E-state index in [0.717, 1.165) is 50.1 Å². The molecule has 0 saturated heterocycles. The SMILES string of the molecule is c1ccc(-c2ccc(C3(c4cccc(N(c5cccc6c5-c5ccccc5C6(c5ccccc5)c5ccccc5)c5cccc6oc7ccc(-c8ccccc8)cc7c56)c4)c4ccccc4-c4ccccc43)cc2)cc1. The van der Waals surface area contributed by atoms with Gasteiger partial charge in [-0.25, -0.2) is 0 Å². The fourth-order valence-corrected chi connectivity index (χ4v) is 13.3. The molecule has 0 amide bonds. The van der Waals surface area contributed by atoms with Gasteiger partial charge in [0.05, 0.1) is 27.6 Å². The Morgan fingerprint density at radius 3 is 1.37 bits per heavy atom.